The van der Waals surface area contributed by atoms with Crippen LogP contribution in [0, 0.1) is 26.1 Å². The molecule has 17 heteroatoms. The van der Waals surface area contributed by atoms with Crippen molar-refractivity contribution in [1.29, 1.82) is 0 Å². The van der Waals surface area contributed by atoms with Crippen molar-refractivity contribution < 1.29 is 23.1 Å². The number of fused-ring (bicyclic) bond motifs is 1. The lowest BCUT2D eigenvalue weighted by Gasteiger charge is -2.34. The van der Waals surface area contributed by atoms with E-state index in [0.717, 1.165) is 22.3 Å². The highest BCUT2D eigenvalue weighted by atomic mass is 32.2. The number of aromatic nitrogens is 1. The average molecular weight is 698 g/mol. The Hall–Kier alpha value is -4.45. The molecule has 1 N–H and O–H groups in total. The molecule has 246 valence electrons. The fourth-order valence-electron chi connectivity index (χ4n) is 5.23. The first-order valence-electron chi connectivity index (χ1n) is 14.7. The Kier molecular flexibility index (Phi) is 10.5. The van der Waals surface area contributed by atoms with Crippen LogP contribution in [0.3, 0.4) is 0 Å². The number of amides is 1. The van der Waals surface area contributed by atoms with Crippen molar-refractivity contribution in [2.75, 3.05) is 31.6 Å². The number of non-ortho nitro benzene ring substituents is 1. The Morgan fingerprint density at radius 1 is 1.13 bits per heavy atom. The van der Waals surface area contributed by atoms with Crippen LogP contribution in [-0.4, -0.2) is 70.8 Å². The Labute approximate surface area is 278 Å². The molecule has 1 saturated heterocycles. The molecule has 0 bridgehead atoms. The molecule has 1 amide bonds. The molecular formula is C30H31N7O7S3. The quantitative estimate of drug-likeness (QED) is 0.105. The van der Waals surface area contributed by atoms with Crippen LogP contribution in [0.2, 0.25) is 0 Å². The number of hydrogen-bond acceptors (Lipinski definition) is 12. The molecule has 2 heterocycles. The van der Waals surface area contributed by atoms with Gasteiger partial charge in [-0.2, -0.15) is 9.41 Å². The van der Waals surface area contributed by atoms with E-state index in [1.165, 1.54) is 45.8 Å². The second kappa shape index (κ2) is 14.5. The van der Waals surface area contributed by atoms with Crippen LogP contribution in [0.5, 0.6) is 0 Å². The molecule has 47 heavy (non-hydrogen) atoms. The second-order valence-corrected chi connectivity index (χ2v) is 14.8. The Morgan fingerprint density at radius 3 is 2.60 bits per heavy atom. The van der Waals surface area contributed by atoms with E-state index in [1.807, 2.05) is 38.1 Å². The first kappa shape index (κ1) is 33.9. The fourth-order valence-corrected chi connectivity index (χ4v) is 9.03. The number of nitrogens with zero attached hydrogens (tertiary/aromatic N) is 6. The van der Waals surface area contributed by atoms with E-state index in [4.69, 9.17) is 0 Å². The zero-order chi connectivity index (χ0) is 33.7. The van der Waals surface area contributed by atoms with Crippen molar-refractivity contribution in [2.45, 2.75) is 40.8 Å². The normalized spacial score (nSPS) is 15.6. The van der Waals surface area contributed by atoms with Gasteiger partial charge in [-0.3, -0.25) is 30.4 Å². The number of carbonyl (C=O) groups excluding carboxylic acids is 1. The number of hydrogen-bond donors (Lipinski definition) is 1. The van der Waals surface area contributed by atoms with Gasteiger partial charge >= 0.3 is 0 Å². The molecule has 0 spiro atoms. The third-order valence-corrected chi connectivity index (χ3v) is 11.7. The summed E-state index contributed by atoms with van der Waals surface area (Å²) in [7, 11) is -4.29. The van der Waals surface area contributed by atoms with Gasteiger partial charge in [0.1, 0.15) is 4.90 Å². The van der Waals surface area contributed by atoms with Crippen LogP contribution in [0.25, 0.3) is 10.2 Å². The van der Waals surface area contributed by atoms with E-state index in [9.17, 15) is 33.4 Å². The number of nitro groups is 2. The van der Waals surface area contributed by atoms with Gasteiger partial charge in [-0.25, -0.2) is 13.4 Å². The van der Waals surface area contributed by atoms with Gasteiger partial charge in [0, 0.05) is 49.9 Å². The van der Waals surface area contributed by atoms with Gasteiger partial charge in [0.2, 0.25) is 15.9 Å². The van der Waals surface area contributed by atoms with Gasteiger partial charge in [-0.05, 0) is 51.0 Å². The van der Waals surface area contributed by atoms with Crippen molar-refractivity contribution in [1.82, 2.24) is 14.2 Å². The summed E-state index contributed by atoms with van der Waals surface area (Å²) in [5.74, 6) is -0.659. The molecule has 1 aliphatic rings. The second-order valence-electron chi connectivity index (χ2n) is 10.6. The number of nitrogens with one attached hydrogen (secondary N) is 1. The van der Waals surface area contributed by atoms with Gasteiger partial charge in [0.05, 0.1) is 42.8 Å². The lowest BCUT2D eigenvalue weighted by atomic mass is 9.98. The third kappa shape index (κ3) is 7.59. The van der Waals surface area contributed by atoms with Gasteiger partial charge < -0.3 is 4.90 Å². The standard InChI is InChI=1S/C30H31N7O7S3/c1-3-34(4-2)29(38)21-8-7-15-35(19-21)47(43,44)28-17-22(36(39)40)12-13-24(28)33-31-18-20-11-14-27(25(16-20)37(41)42)46-30-32-23-9-5-6-10-26(23)45-30/h5-6,9-14,16-18,21,33H,3-4,7-8,15,19H2,1-2H3/b31-18-/t21-/m1/s1. The molecule has 0 saturated carbocycles. The number of anilines is 1. The van der Waals surface area contributed by atoms with Crippen molar-refractivity contribution >= 4 is 72.5 Å². The minimum atomic E-state index is -4.29. The Balaban J connectivity index is 1.38. The number of piperidine rings is 1. The molecule has 0 radical (unpaired) electrons. The number of rotatable bonds is 12. The predicted molar refractivity (Wildman–Crippen MR) is 181 cm³/mol. The topological polar surface area (TPSA) is 181 Å². The maximum Gasteiger partial charge on any atom is 0.283 e. The van der Waals surface area contributed by atoms with Gasteiger partial charge in [-0.15, -0.1) is 11.3 Å². The van der Waals surface area contributed by atoms with Crippen LogP contribution in [0.1, 0.15) is 32.3 Å². The van der Waals surface area contributed by atoms with Gasteiger partial charge in [0.25, 0.3) is 11.4 Å². The number of nitro benzene ring substituents is 2. The van der Waals surface area contributed by atoms with E-state index in [2.05, 4.69) is 15.5 Å². The third-order valence-electron chi connectivity index (χ3n) is 7.65. The zero-order valence-corrected chi connectivity index (χ0v) is 27.9. The molecule has 4 aromatic rings. The predicted octanol–water partition coefficient (Wildman–Crippen LogP) is 5.98. The lowest BCUT2D eigenvalue weighted by molar-refractivity contribution is -0.387. The van der Waals surface area contributed by atoms with Crippen LogP contribution in [0.4, 0.5) is 17.1 Å². The van der Waals surface area contributed by atoms with Crippen LogP contribution < -0.4 is 5.43 Å². The molecule has 1 fully saturated rings. The summed E-state index contributed by atoms with van der Waals surface area (Å²) in [5, 5.41) is 27.6. The highest BCUT2D eigenvalue weighted by Crippen LogP contribution is 2.39. The van der Waals surface area contributed by atoms with Crippen molar-refractivity contribution in [3.63, 3.8) is 0 Å². The van der Waals surface area contributed by atoms with Crippen molar-refractivity contribution in [3.8, 4) is 0 Å². The summed E-state index contributed by atoms with van der Waals surface area (Å²) in [6, 6.07) is 15.5. The lowest BCUT2D eigenvalue weighted by Crippen LogP contribution is -2.46. The number of para-hydroxylation sites is 1. The maximum absolute atomic E-state index is 13.9. The molecule has 3 aromatic carbocycles. The van der Waals surface area contributed by atoms with Gasteiger partial charge in [-0.1, -0.05) is 30.0 Å². The molecule has 14 nitrogen and oxygen atoms in total. The maximum atomic E-state index is 13.9. The summed E-state index contributed by atoms with van der Waals surface area (Å²) in [6.45, 7) is 4.83. The molecule has 1 aliphatic heterocycles. The highest BCUT2D eigenvalue weighted by Gasteiger charge is 2.36. The number of hydrazone groups is 1. The SMILES string of the molecule is CCN(CC)C(=O)[C@@H]1CCCN(S(=O)(=O)c2cc([N+](=O)[O-])ccc2N/N=C\c2ccc(Sc3nc4ccccc4s3)c([N+](=O)[O-])c2)C1. The van der Waals surface area contributed by atoms with E-state index >= 15 is 0 Å². The van der Waals surface area contributed by atoms with E-state index < -0.39 is 31.5 Å². The monoisotopic (exact) mass is 697 g/mol. The first-order chi connectivity index (χ1) is 22.5. The minimum Gasteiger partial charge on any atom is -0.343 e. The number of benzene rings is 3. The number of thiazole rings is 1. The van der Waals surface area contributed by atoms with Gasteiger partial charge in [0.15, 0.2) is 4.34 Å². The highest BCUT2D eigenvalue weighted by molar-refractivity contribution is 8.01. The van der Waals surface area contributed by atoms with Crippen LogP contribution >= 0.6 is 23.1 Å². The zero-order valence-electron chi connectivity index (χ0n) is 25.4. The van der Waals surface area contributed by atoms with Crippen molar-refractivity contribution in [3.05, 3.63) is 86.5 Å². The summed E-state index contributed by atoms with van der Waals surface area (Å²) in [5.41, 5.74) is 3.20. The summed E-state index contributed by atoms with van der Waals surface area (Å²) >= 11 is 2.61. The Morgan fingerprint density at radius 2 is 1.89 bits per heavy atom. The van der Waals surface area contributed by atoms with Crippen LogP contribution in [0.15, 0.2) is 79.9 Å². The summed E-state index contributed by atoms with van der Waals surface area (Å²) in [6.07, 6.45) is 2.28. The molecular weight excluding hydrogens is 667 g/mol. The molecule has 5 rings (SSSR count). The van der Waals surface area contributed by atoms with E-state index in [-0.39, 0.29) is 35.3 Å². The fraction of sp³-hybridized carbons (Fsp3) is 0.300. The van der Waals surface area contributed by atoms with Crippen LogP contribution in [-0.2, 0) is 14.8 Å². The molecule has 0 unspecified atom stereocenters. The van der Waals surface area contributed by atoms with Crippen molar-refractivity contribution in [2.24, 2.45) is 11.0 Å². The number of carbonyl (C=O) groups is 1. The molecule has 1 aromatic heterocycles. The van der Waals surface area contributed by atoms with E-state index in [0.29, 0.717) is 40.7 Å². The smallest absolute Gasteiger partial charge is 0.283 e. The minimum absolute atomic E-state index is 0.0263. The largest absolute Gasteiger partial charge is 0.343 e. The first-order valence-corrected chi connectivity index (χ1v) is 17.8. The number of sulfonamides is 1. The van der Waals surface area contributed by atoms with E-state index in [1.54, 1.807) is 17.0 Å². The molecule has 0 aliphatic carbocycles. The summed E-state index contributed by atoms with van der Waals surface area (Å²) in [4.78, 5) is 41.5. The Bertz CT molecular complexity index is 1930. The molecule has 1 atom stereocenters. The summed E-state index contributed by atoms with van der Waals surface area (Å²) < 4.78 is 30.5. The average Bonchev–Trinajstić information content (AvgIpc) is 3.48.